The maximum atomic E-state index is 6.53. The van der Waals surface area contributed by atoms with Crippen LogP contribution in [0.2, 0.25) is 0 Å². The first-order valence-corrected chi connectivity index (χ1v) is 20.7. The number of thiophene rings is 1. The Morgan fingerprint density at radius 2 is 0.828 bits per heavy atom. The standard InChI is InChI=1S/C56H32OS/c1-2-14-37-33(12-1)13-11-22-42(37)55-43-18-5-7-20-45(43)56(46-21-8-6-19-44(46)55)47-27-26-38(39-15-3-4-16-40(39)47)35-25-24-34-30-51-48(29-36(34)28-35)49-32-54-50(31-52(49)57-51)41-17-9-10-23-53(41)58-54/h1-32H. The van der Waals surface area contributed by atoms with Gasteiger partial charge in [-0.2, -0.15) is 0 Å². The largest absolute Gasteiger partial charge is 0.456 e. The summed E-state index contributed by atoms with van der Waals surface area (Å²) in [6.45, 7) is 0. The van der Waals surface area contributed by atoms with E-state index in [0.29, 0.717) is 0 Å². The Kier molecular flexibility index (Phi) is 6.66. The van der Waals surface area contributed by atoms with Gasteiger partial charge in [0.1, 0.15) is 11.2 Å². The van der Waals surface area contributed by atoms with Crippen LogP contribution in [0.25, 0.3) is 129 Å². The molecule has 13 rings (SSSR count). The highest BCUT2D eigenvalue weighted by Gasteiger charge is 2.20. The lowest BCUT2D eigenvalue weighted by Crippen LogP contribution is -1.93. The zero-order valence-electron chi connectivity index (χ0n) is 31.3. The molecule has 0 atom stereocenters. The average molecular weight is 753 g/mol. The Morgan fingerprint density at radius 1 is 0.276 bits per heavy atom. The molecule has 0 aliphatic rings. The van der Waals surface area contributed by atoms with E-state index in [9.17, 15) is 0 Å². The van der Waals surface area contributed by atoms with Gasteiger partial charge in [0.2, 0.25) is 0 Å². The van der Waals surface area contributed by atoms with Gasteiger partial charge in [0, 0.05) is 30.9 Å². The van der Waals surface area contributed by atoms with Gasteiger partial charge < -0.3 is 4.42 Å². The van der Waals surface area contributed by atoms with E-state index < -0.39 is 0 Å². The molecule has 13 aromatic rings. The lowest BCUT2D eigenvalue weighted by molar-refractivity contribution is 0.670. The van der Waals surface area contributed by atoms with E-state index in [2.05, 4.69) is 194 Å². The van der Waals surface area contributed by atoms with Gasteiger partial charge in [-0.25, -0.2) is 0 Å². The lowest BCUT2D eigenvalue weighted by atomic mass is 9.83. The molecule has 268 valence electrons. The van der Waals surface area contributed by atoms with Crippen molar-refractivity contribution in [2.75, 3.05) is 0 Å². The van der Waals surface area contributed by atoms with Gasteiger partial charge in [-0.1, -0.05) is 158 Å². The Hall–Kier alpha value is -7.26. The second-order valence-corrected chi connectivity index (χ2v) is 16.6. The van der Waals surface area contributed by atoms with Crippen molar-refractivity contribution in [2.24, 2.45) is 0 Å². The van der Waals surface area contributed by atoms with E-state index in [4.69, 9.17) is 4.42 Å². The lowest BCUT2D eigenvalue weighted by Gasteiger charge is -2.20. The van der Waals surface area contributed by atoms with Gasteiger partial charge in [-0.3, -0.25) is 0 Å². The van der Waals surface area contributed by atoms with Crippen LogP contribution in [0, 0.1) is 0 Å². The molecule has 58 heavy (non-hydrogen) atoms. The fourth-order valence-electron chi connectivity index (χ4n) is 9.83. The van der Waals surface area contributed by atoms with E-state index >= 15 is 0 Å². The fourth-order valence-corrected chi connectivity index (χ4v) is 11.0. The van der Waals surface area contributed by atoms with Crippen LogP contribution in [0.3, 0.4) is 0 Å². The molecule has 0 bridgehead atoms. The van der Waals surface area contributed by atoms with E-state index in [-0.39, 0.29) is 0 Å². The molecule has 0 spiro atoms. The zero-order chi connectivity index (χ0) is 37.9. The highest BCUT2D eigenvalue weighted by Crippen LogP contribution is 2.48. The van der Waals surface area contributed by atoms with Crippen LogP contribution in [0.4, 0.5) is 0 Å². The Balaban J connectivity index is 1.01. The SMILES string of the molecule is c1ccc2c(-c3c4ccccc4c(-c4ccc(-c5ccc6cc7oc8cc9c(cc8c7cc6c5)sc5ccccc59)c5ccccc45)c4ccccc34)cccc2c1. The average Bonchev–Trinajstić information content (AvgIpc) is 3.82. The minimum Gasteiger partial charge on any atom is -0.456 e. The molecule has 0 radical (unpaired) electrons. The molecule has 0 fully saturated rings. The van der Waals surface area contributed by atoms with Crippen LogP contribution in [0.5, 0.6) is 0 Å². The molecule has 11 aromatic carbocycles. The van der Waals surface area contributed by atoms with E-state index in [0.717, 1.165) is 16.6 Å². The summed E-state index contributed by atoms with van der Waals surface area (Å²) in [5.74, 6) is 0. The van der Waals surface area contributed by atoms with Crippen molar-refractivity contribution in [1.29, 1.82) is 0 Å². The Bertz CT molecular complexity index is 3800. The molecule has 2 heterocycles. The normalized spacial score (nSPS) is 12.1. The number of fused-ring (bicyclic) bond motifs is 11. The van der Waals surface area contributed by atoms with Gasteiger partial charge in [-0.05, 0) is 124 Å². The number of hydrogen-bond acceptors (Lipinski definition) is 2. The van der Waals surface area contributed by atoms with Crippen LogP contribution in [0.15, 0.2) is 199 Å². The first kappa shape index (κ1) is 31.9. The molecular formula is C56H32OS. The van der Waals surface area contributed by atoms with Gasteiger partial charge in [0.15, 0.2) is 0 Å². The van der Waals surface area contributed by atoms with Crippen LogP contribution >= 0.6 is 11.3 Å². The first-order chi connectivity index (χ1) is 28.7. The number of hydrogen-bond donors (Lipinski definition) is 0. The van der Waals surface area contributed by atoms with Gasteiger partial charge in [-0.15, -0.1) is 11.3 Å². The van der Waals surface area contributed by atoms with E-state index in [1.807, 2.05) is 11.3 Å². The predicted molar refractivity (Wildman–Crippen MR) is 250 cm³/mol. The van der Waals surface area contributed by atoms with Crippen LogP contribution in [-0.2, 0) is 0 Å². The summed E-state index contributed by atoms with van der Waals surface area (Å²) in [4.78, 5) is 0. The fraction of sp³-hybridized carbons (Fsp3) is 0. The quantitative estimate of drug-likeness (QED) is 0.164. The smallest absolute Gasteiger partial charge is 0.136 e. The van der Waals surface area contributed by atoms with Crippen LogP contribution in [0.1, 0.15) is 0 Å². The summed E-state index contributed by atoms with van der Waals surface area (Å²) in [7, 11) is 0. The van der Waals surface area contributed by atoms with Crippen LogP contribution < -0.4 is 0 Å². The molecular weight excluding hydrogens is 721 g/mol. The van der Waals surface area contributed by atoms with E-state index in [1.165, 1.54) is 113 Å². The molecule has 2 aromatic heterocycles. The summed E-state index contributed by atoms with van der Waals surface area (Å²) in [6.07, 6.45) is 0. The molecule has 1 nitrogen and oxygen atoms in total. The molecule has 0 amide bonds. The first-order valence-electron chi connectivity index (χ1n) is 19.9. The minimum atomic E-state index is 0.929. The predicted octanol–water partition coefficient (Wildman–Crippen LogP) is 16.7. The molecule has 0 N–H and O–H groups in total. The summed E-state index contributed by atoms with van der Waals surface area (Å²) in [5, 5.41) is 17.3. The van der Waals surface area contributed by atoms with Gasteiger partial charge in [0.05, 0.1) is 0 Å². The highest BCUT2D eigenvalue weighted by molar-refractivity contribution is 7.25. The third-order valence-corrected chi connectivity index (χ3v) is 13.6. The Morgan fingerprint density at radius 3 is 1.57 bits per heavy atom. The number of furan rings is 1. The van der Waals surface area contributed by atoms with Crippen molar-refractivity contribution < 1.29 is 4.42 Å². The summed E-state index contributed by atoms with van der Waals surface area (Å²) < 4.78 is 9.13. The zero-order valence-corrected chi connectivity index (χ0v) is 32.1. The molecule has 0 saturated heterocycles. The van der Waals surface area contributed by atoms with Crippen molar-refractivity contribution in [3.63, 3.8) is 0 Å². The van der Waals surface area contributed by atoms with Crippen LogP contribution in [-0.4, -0.2) is 0 Å². The highest BCUT2D eigenvalue weighted by atomic mass is 32.1. The summed E-state index contributed by atoms with van der Waals surface area (Å²) in [5.41, 5.74) is 9.38. The Labute approximate surface area is 337 Å². The third-order valence-electron chi connectivity index (χ3n) is 12.4. The maximum absolute atomic E-state index is 6.53. The topological polar surface area (TPSA) is 13.1 Å². The molecule has 0 saturated carbocycles. The number of rotatable bonds is 3. The summed E-state index contributed by atoms with van der Waals surface area (Å²) >= 11 is 1.85. The van der Waals surface area contributed by atoms with E-state index in [1.54, 1.807) is 0 Å². The summed E-state index contributed by atoms with van der Waals surface area (Å²) in [6, 6.07) is 71.7. The molecule has 0 aliphatic carbocycles. The molecule has 2 heteroatoms. The maximum Gasteiger partial charge on any atom is 0.136 e. The van der Waals surface area contributed by atoms with Crippen molar-refractivity contribution >= 4 is 107 Å². The molecule has 0 unspecified atom stereocenters. The van der Waals surface area contributed by atoms with Gasteiger partial charge >= 0.3 is 0 Å². The molecule has 0 aliphatic heterocycles. The van der Waals surface area contributed by atoms with Crippen molar-refractivity contribution in [1.82, 2.24) is 0 Å². The second kappa shape index (κ2) is 12.1. The monoisotopic (exact) mass is 752 g/mol. The minimum absolute atomic E-state index is 0.929. The second-order valence-electron chi connectivity index (χ2n) is 15.5. The third kappa shape index (κ3) is 4.58. The number of benzene rings is 11. The van der Waals surface area contributed by atoms with Crippen molar-refractivity contribution in [3.05, 3.63) is 194 Å². The van der Waals surface area contributed by atoms with Gasteiger partial charge in [0.25, 0.3) is 0 Å². The van der Waals surface area contributed by atoms with Crippen molar-refractivity contribution in [3.8, 4) is 33.4 Å². The van der Waals surface area contributed by atoms with Crippen molar-refractivity contribution in [2.45, 2.75) is 0 Å².